The first kappa shape index (κ1) is 22.3. The Hall–Kier alpha value is -2.98. The molecule has 0 saturated carbocycles. The van der Waals surface area contributed by atoms with Gasteiger partial charge >= 0.3 is 0 Å². The number of carbonyl (C=O) groups is 1. The van der Waals surface area contributed by atoms with Crippen molar-refractivity contribution >= 4 is 27.3 Å². The van der Waals surface area contributed by atoms with E-state index in [1.807, 2.05) is 0 Å². The second-order valence-electron chi connectivity index (χ2n) is 6.37. The predicted molar refractivity (Wildman–Crippen MR) is 109 cm³/mol. The van der Waals surface area contributed by atoms with Gasteiger partial charge in [-0.05, 0) is 43.2 Å². The van der Waals surface area contributed by atoms with Gasteiger partial charge in [-0.1, -0.05) is 13.0 Å². The third-order valence-corrected chi connectivity index (χ3v) is 6.30. The lowest BCUT2D eigenvalue weighted by molar-refractivity contribution is -0.384. The van der Waals surface area contributed by atoms with Gasteiger partial charge in [0.05, 0.1) is 29.2 Å². The van der Waals surface area contributed by atoms with Crippen molar-refractivity contribution in [2.75, 3.05) is 25.5 Å². The van der Waals surface area contributed by atoms with Crippen molar-refractivity contribution in [2.45, 2.75) is 25.7 Å². The Labute approximate surface area is 169 Å². The molecule has 9 nitrogen and oxygen atoms in total. The second-order valence-corrected chi connectivity index (χ2v) is 8.31. The number of carbonyl (C=O) groups excluding carboxylic acids is 1. The molecular formula is C19H23N3O6S. The highest BCUT2D eigenvalue weighted by Crippen LogP contribution is 2.24. The van der Waals surface area contributed by atoms with E-state index in [-0.39, 0.29) is 22.8 Å². The summed E-state index contributed by atoms with van der Waals surface area (Å²) in [4.78, 5) is 22.9. The molecule has 2 aromatic carbocycles. The molecule has 0 heterocycles. The Morgan fingerprint density at radius 1 is 1.17 bits per heavy atom. The van der Waals surface area contributed by atoms with Gasteiger partial charge in [-0.3, -0.25) is 14.9 Å². The van der Waals surface area contributed by atoms with Gasteiger partial charge in [-0.2, -0.15) is 4.31 Å². The smallest absolute Gasteiger partial charge is 0.271 e. The third-order valence-electron chi connectivity index (χ3n) is 4.38. The molecule has 10 heteroatoms. The van der Waals surface area contributed by atoms with E-state index < -0.39 is 27.4 Å². The number of methoxy groups -OCH3 is 1. The number of benzene rings is 2. The molecule has 156 valence electrons. The number of likely N-dealkylation sites (N-methyl/N-ethyl adjacent to an activating group) is 1. The molecule has 1 amide bonds. The third kappa shape index (κ3) is 5.09. The molecular weight excluding hydrogens is 398 g/mol. The van der Waals surface area contributed by atoms with Gasteiger partial charge in [0.15, 0.2) is 0 Å². The number of amides is 1. The highest BCUT2D eigenvalue weighted by Gasteiger charge is 2.26. The number of hydrogen-bond acceptors (Lipinski definition) is 6. The molecule has 0 aliphatic rings. The largest absolute Gasteiger partial charge is 0.496 e. The molecule has 0 bridgehead atoms. The minimum absolute atomic E-state index is 0.0528. The summed E-state index contributed by atoms with van der Waals surface area (Å²) < 4.78 is 32.0. The quantitative estimate of drug-likeness (QED) is 0.517. The number of ether oxygens (including phenoxy) is 1. The fourth-order valence-corrected chi connectivity index (χ4v) is 4.23. The van der Waals surface area contributed by atoms with Crippen LogP contribution < -0.4 is 10.1 Å². The number of nitrogens with one attached hydrogen (secondary N) is 1. The van der Waals surface area contributed by atoms with E-state index in [0.29, 0.717) is 16.9 Å². The minimum atomic E-state index is -3.91. The Bertz CT molecular complexity index is 1040. The Morgan fingerprint density at radius 2 is 1.86 bits per heavy atom. The van der Waals surface area contributed by atoms with Gasteiger partial charge in [-0.25, -0.2) is 8.42 Å². The lowest BCUT2D eigenvalue weighted by atomic mass is 10.2. The van der Waals surface area contributed by atoms with Crippen LogP contribution in [0.5, 0.6) is 5.75 Å². The molecule has 2 aromatic rings. The lowest BCUT2D eigenvalue weighted by Gasteiger charge is -2.21. The number of rotatable bonds is 8. The van der Waals surface area contributed by atoms with Crippen LogP contribution >= 0.6 is 0 Å². The van der Waals surface area contributed by atoms with E-state index >= 15 is 0 Å². The SMILES string of the molecule is CCN(CC(=O)Nc1cc([N+](=O)[O-])ccc1C)S(=O)(=O)c1ccc(OC)c(C)c1. The van der Waals surface area contributed by atoms with Crippen LogP contribution in [0, 0.1) is 24.0 Å². The average Bonchev–Trinajstić information content (AvgIpc) is 2.67. The molecule has 29 heavy (non-hydrogen) atoms. The van der Waals surface area contributed by atoms with Crippen LogP contribution in [0.3, 0.4) is 0 Å². The van der Waals surface area contributed by atoms with Crippen molar-refractivity contribution in [3.8, 4) is 5.75 Å². The molecule has 0 saturated heterocycles. The van der Waals surface area contributed by atoms with Crippen LogP contribution in [0.4, 0.5) is 11.4 Å². The van der Waals surface area contributed by atoms with Crippen molar-refractivity contribution in [1.29, 1.82) is 0 Å². The molecule has 0 unspecified atom stereocenters. The van der Waals surface area contributed by atoms with Crippen LogP contribution in [0.1, 0.15) is 18.1 Å². The van der Waals surface area contributed by atoms with Crippen LogP contribution in [0.15, 0.2) is 41.3 Å². The normalized spacial score (nSPS) is 11.3. The molecule has 0 radical (unpaired) electrons. The van der Waals surface area contributed by atoms with Crippen LogP contribution in [0.25, 0.3) is 0 Å². The Kier molecular flexibility index (Phi) is 6.93. The number of non-ortho nitro benzene ring substituents is 1. The standard InChI is InChI=1S/C19H23N3O6S/c1-5-21(29(26,27)16-8-9-18(28-4)14(3)10-16)12-19(23)20-17-11-15(22(24)25)7-6-13(17)2/h6-11H,5,12H2,1-4H3,(H,20,23). The lowest BCUT2D eigenvalue weighted by Crippen LogP contribution is -2.38. The maximum atomic E-state index is 12.9. The number of nitro benzene ring substituents is 1. The maximum Gasteiger partial charge on any atom is 0.271 e. The predicted octanol–water partition coefficient (Wildman–Crippen LogP) is 2.87. The van der Waals surface area contributed by atoms with E-state index in [4.69, 9.17) is 4.74 Å². The maximum absolute atomic E-state index is 12.9. The summed E-state index contributed by atoms with van der Waals surface area (Å²) in [6.45, 7) is 4.69. The van der Waals surface area contributed by atoms with Crippen LogP contribution in [0.2, 0.25) is 0 Å². The van der Waals surface area contributed by atoms with Crippen LogP contribution in [-0.4, -0.2) is 43.8 Å². The summed E-state index contributed by atoms with van der Waals surface area (Å²) in [5.74, 6) is -0.0323. The van der Waals surface area contributed by atoms with E-state index in [0.717, 1.165) is 4.31 Å². The molecule has 0 spiro atoms. The fraction of sp³-hybridized carbons (Fsp3) is 0.316. The zero-order valence-corrected chi connectivity index (χ0v) is 17.4. The van der Waals surface area contributed by atoms with Gasteiger partial charge < -0.3 is 10.1 Å². The fourth-order valence-electron chi connectivity index (χ4n) is 2.74. The van der Waals surface area contributed by atoms with Crippen molar-refractivity contribution in [3.63, 3.8) is 0 Å². The van der Waals surface area contributed by atoms with E-state index in [2.05, 4.69) is 5.32 Å². The summed E-state index contributed by atoms with van der Waals surface area (Å²) in [7, 11) is -2.41. The molecule has 0 aliphatic heterocycles. The summed E-state index contributed by atoms with van der Waals surface area (Å²) in [5, 5.41) is 13.5. The topological polar surface area (TPSA) is 119 Å². The minimum Gasteiger partial charge on any atom is -0.496 e. The van der Waals surface area contributed by atoms with Gasteiger partial charge in [0.25, 0.3) is 5.69 Å². The molecule has 0 aliphatic carbocycles. The van der Waals surface area contributed by atoms with Crippen molar-refractivity contribution in [2.24, 2.45) is 0 Å². The Balaban J connectivity index is 2.22. The highest BCUT2D eigenvalue weighted by molar-refractivity contribution is 7.89. The molecule has 0 aromatic heterocycles. The first-order valence-corrected chi connectivity index (χ1v) is 10.2. The number of nitrogens with zero attached hydrogens (tertiary/aromatic N) is 2. The number of nitro groups is 1. The van der Waals surface area contributed by atoms with E-state index in [1.54, 1.807) is 26.8 Å². The Morgan fingerprint density at radius 3 is 2.41 bits per heavy atom. The van der Waals surface area contributed by atoms with Crippen molar-refractivity contribution in [1.82, 2.24) is 4.31 Å². The van der Waals surface area contributed by atoms with E-state index in [1.165, 1.54) is 37.4 Å². The zero-order valence-electron chi connectivity index (χ0n) is 16.6. The number of anilines is 1. The number of hydrogen-bond donors (Lipinski definition) is 1. The second kappa shape index (κ2) is 9.01. The first-order valence-electron chi connectivity index (χ1n) is 8.79. The summed E-state index contributed by atoms with van der Waals surface area (Å²) in [6, 6.07) is 8.56. The summed E-state index contributed by atoms with van der Waals surface area (Å²) in [6.07, 6.45) is 0. The molecule has 2 rings (SSSR count). The molecule has 1 N–H and O–H groups in total. The number of sulfonamides is 1. The summed E-state index contributed by atoms with van der Waals surface area (Å²) >= 11 is 0. The number of aryl methyl sites for hydroxylation is 2. The van der Waals surface area contributed by atoms with Gasteiger partial charge in [-0.15, -0.1) is 0 Å². The molecule has 0 atom stereocenters. The zero-order chi connectivity index (χ0) is 21.8. The van der Waals surface area contributed by atoms with Gasteiger partial charge in [0.1, 0.15) is 5.75 Å². The monoisotopic (exact) mass is 421 g/mol. The van der Waals surface area contributed by atoms with Gasteiger partial charge in [0, 0.05) is 18.7 Å². The van der Waals surface area contributed by atoms with Crippen LogP contribution in [-0.2, 0) is 14.8 Å². The van der Waals surface area contributed by atoms with Gasteiger partial charge in [0.2, 0.25) is 15.9 Å². The van der Waals surface area contributed by atoms with Crippen molar-refractivity contribution < 1.29 is 22.9 Å². The first-order chi connectivity index (χ1) is 13.6. The van der Waals surface area contributed by atoms with Crippen molar-refractivity contribution in [3.05, 3.63) is 57.6 Å². The van der Waals surface area contributed by atoms with E-state index in [9.17, 15) is 23.3 Å². The molecule has 0 fully saturated rings. The summed E-state index contributed by atoms with van der Waals surface area (Å²) in [5.41, 5.74) is 1.37. The average molecular weight is 421 g/mol. The highest BCUT2D eigenvalue weighted by atomic mass is 32.2.